The van der Waals surface area contributed by atoms with Crippen molar-refractivity contribution in [2.75, 3.05) is 13.1 Å². The van der Waals surface area contributed by atoms with Crippen molar-refractivity contribution in [1.82, 2.24) is 4.90 Å². The predicted molar refractivity (Wildman–Crippen MR) is 67.1 cm³/mol. The van der Waals surface area contributed by atoms with E-state index in [4.69, 9.17) is 10.2 Å². The van der Waals surface area contributed by atoms with E-state index in [1.807, 2.05) is 13.8 Å². The highest BCUT2D eigenvalue weighted by molar-refractivity contribution is 5.19. The highest BCUT2D eigenvalue weighted by Gasteiger charge is 2.09. The average Bonchev–Trinajstić information content (AvgIpc) is 2.57. The Labute approximate surface area is 97.9 Å². The number of hydrogen-bond acceptors (Lipinski definition) is 3. The normalized spacial score (nSPS) is 11.1. The lowest BCUT2D eigenvalue weighted by Crippen LogP contribution is -2.24. The van der Waals surface area contributed by atoms with Crippen LogP contribution in [0, 0.1) is 6.92 Å². The van der Waals surface area contributed by atoms with Gasteiger partial charge in [0.1, 0.15) is 11.5 Å². The molecule has 0 saturated heterocycles. The molecule has 0 atom stereocenters. The number of nitrogens with zero attached hydrogens (tertiary/aromatic N) is 1. The fourth-order valence-electron chi connectivity index (χ4n) is 1.75. The van der Waals surface area contributed by atoms with E-state index in [-0.39, 0.29) is 0 Å². The second kappa shape index (κ2) is 5.87. The molecule has 16 heavy (non-hydrogen) atoms. The van der Waals surface area contributed by atoms with Crippen LogP contribution < -0.4 is 5.73 Å². The zero-order valence-electron chi connectivity index (χ0n) is 10.5. The van der Waals surface area contributed by atoms with Crippen molar-refractivity contribution in [2.45, 2.75) is 33.9 Å². The van der Waals surface area contributed by atoms with Crippen molar-refractivity contribution in [1.29, 1.82) is 0 Å². The van der Waals surface area contributed by atoms with Crippen molar-refractivity contribution in [2.24, 2.45) is 5.73 Å². The third-order valence-corrected chi connectivity index (χ3v) is 2.58. The summed E-state index contributed by atoms with van der Waals surface area (Å²) in [5.41, 5.74) is 7.90. The topological polar surface area (TPSA) is 42.4 Å². The van der Waals surface area contributed by atoms with Gasteiger partial charge in [0.05, 0.1) is 13.1 Å². The van der Waals surface area contributed by atoms with Crippen molar-refractivity contribution < 1.29 is 4.42 Å². The molecule has 0 radical (unpaired) electrons. The van der Waals surface area contributed by atoms with Crippen molar-refractivity contribution in [3.63, 3.8) is 0 Å². The quantitative estimate of drug-likeness (QED) is 0.752. The molecule has 3 heteroatoms. The third-order valence-electron chi connectivity index (χ3n) is 2.58. The van der Waals surface area contributed by atoms with Crippen LogP contribution in [-0.2, 0) is 13.1 Å². The summed E-state index contributed by atoms with van der Waals surface area (Å²) >= 11 is 0. The highest BCUT2D eigenvalue weighted by atomic mass is 16.3. The third kappa shape index (κ3) is 3.51. The summed E-state index contributed by atoms with van der Waals surface area (Å²) in [4.78, 5) is 2.29. The van der Waals surface area contributed by atoms with Gasteiger partial charge in [-0.3, -0.25) is 4.90 Å². The molecule has 3 nitrogen and oxygen atoms in total. The lowest BCUT2D eigenvalue weighted by Gasteiger charge is -2.18. The fraction of sp³-hybridized carbons (Fsp3) is 0.538. The van der Waals surface area contributed by atoms with Crippen LogP contribution in [0.15, 0.2) is 22.6 Å². The standard InChI is InChI=1S/C13H22N2O/c1-5-15(8-10(2)3)9-12-6-11(4)13(7-14)16-12/h6H,2,5,7-9,14H2,1,3-4H3. The summed E-state index contributed by atoms with van der Waals surface area (Å²) in [5.74, 6) is 1.88. The fourth-order valence-corrected chi connectivity index (χ4v) is 1.75. The van der Waals surface area contributed by atoms with Crippen LogP contribution in [-0.4, -0.2) is 18.0 Å². The maximum atomic E-state index is 5.68. The Morgan fingerprint density at radius 1 is 1.56 bits per heavy atom. The molecule has 1 heterocycles. The van der Waals surface area contributed by atoms with E-state index in [0.717, 1.165) is 36.7 Å². The van der Waals surface area contributed by atoms with E-state index in [1.165, 1.54) is 5.57 Å². The van der Waals surface area contributed by atoms with Crippen molar-refractivity contribution >= 4 is 0 Å². The minimum Gasteiger partial charge on any atom is -0.463 e. The lowest BCUT2D eigenvalue weighted by molar-refractivity contribution is 0.272. The number of likely N-dealkylation sites (N-methyl/N-ethyl adjacent to an activating group) is 1. The lowest BCUT2D eigenvalue weighted by atomic mass is 10.2. The smallest absolute Gasteiger partial charge is 0.120 e. The molecule has 0 bridgehead atoms. The molecule has 1 aromatic rings. The highest BCUT2D eigenvalue weighted by Crippen LogP contribution is 2.16. The van der Waals surface area contributed by atoms with Gasteiger partial charge in [-0.1, -0.05) is 19.1 Å². The first kappa shape index (κ1) is 13.0. The van der Waals surface area contributed by atoms with Crippen LogP contribution in [0.3, 0.4) is 0 Å². The van der Waals surface area contributed by atoms with Crippen LogP contribution in [0.4, 0.5) is 0 Å². The first-order valence-electron chi connectivity index (χ1n) is 5.71. The molecule has 0 spiro atoms. The van der Waals surface area contributed by atoms with Gasteiger partial charge in [-0.05, 0) is 32.0 Å². The molecule has 90 valence electrons. The zero-order chi connectivity index (χ0) is 12.1. The van der Waals surface area contributed by atoms with E-state index in [2.05, 4.69) is 24.5 Å². The Hall–Kier alpha value is -1.06. The molecule has 0 aromatic carbocycles. The Morgan fingerprint density at radius 3 is 2.69 bits per heavy atom. The van der Waals surface area contributed by atoms with Gasteiger partial charge in [0.25, 0.3) is 0 Å². The van der Waals surface area contributed by atoms with Gasteiger partial charge in [0.2, 0.25) is 0 Å². The Morgan fingerprint density at radius 2 is 2.25 bits per heavy atom. The number of hydrogen-bond donors (Lipinski definition) is 1. The molecule has 1 rings (SSSR count). The van der Waals surface area contributed by atoms with Crippen LogP contribution in [0.1, 0.15) is 30.9 Å². The second-order valence-electron chi connectivity index (χ2n) is 4.28. The second-order valence-corrected chi connectivity index (χ2v) is 4.28. The van der Waals surface area contributed by atoms with E-state index in [1.54, 1.807) is 0 Å². The van der Waals surface area contributed by atoms with E-state index in [0.29, 0.717) is 6.54 Å². The number of aryl methyl sites for hydroxylation is 1. The number of furan rings is 1. The van der Waals surface area contributed by atoms with E-state index >= 15 is 0 Å². The van der Waals surface area contributed by atoms with Gasteiger partial charge < -0.3 is 10.2 Å². The molecule has 0 aliphatic heterocycles. The average molecular weight is 222 g/mol. The van der Waals surface area contributed by atoms with Crippen LogP contribution in [0.5, 0.6) is 0 Å². The summed E-state index contributed by atoms with van der Waals surface area (Å²) in [5, 5.41) is 0. The summed E-state index contributed by atoms with van der Waals surface area (Å²) < 4.78 is 5.68. The van der Waals surface area contributed by atoms with Gasteiger partial charge >= 0.3 is 0 Å². The number of nitrogens with two attached hydrogens (primary N) is 1. The molecular weight excluding hydrogens is 200 g/mol. The van der Waals surface area contributed by atoms with E-state index in [9.17, 15) is 0 Å². The minimum atomic E-state index is 0.471. The summed E-state index contributed by atoms with van der Waals surface area (Å²) in [6, 6.07) is 2.07. The zero-order valence-corrected chi connectivity index (χ0v) is 10.5. The maximum Gasteiger partial charge on any atom is 0.120 e. The van der Waals surface area contributed by atoms with Crippen LogP contribution in [0.2, 0.25) is 0 Å². The first-order valence-corrected chi connectivity index (χ1v) is 5.71. The Bertz CT molecular complexity index is 355. The van der Waals surface area contributed by atoms with Gasteiger partial charge in [-0.2, -0.15) is 0 Å². The van der Waals surface area contributed by atoms with Crippen molar-refractivity contribution in [3.05, 3.63) is 35.3 Å². The predicted octanol–water partition coefficient (Wildman–Crippen LogP) is 2.44. The molecule has 0 aliphatic rings. The summed E-state index contributed by atoms with van der Waals surface area (Å²) in [7, 11) is 0. The minimum absolute atomic E-state index is 0.471. The first-order chi connectivity index (χ1) is 7.56. The van der Waals surface area contributed by atoms with Gasteiger partial charge in [0.15, 0.2) is 0 Å². The monoisotopic (exact) mass is 222 g/mol. The largest absolute Gasteiger partial charge is 0.463 e. The van der Waals surface area contributed by atoms with Crippen LogP contribution >= 0.6 is 0 Å². The van der Waals surface area contributed by atoms with Gasteiger partial charge in [0, 0.05) is 6.54 Å². The summed E-state index contributed by atoms with van der Waals surface area (Å²) in [6.07, 6.45) is 0. The maximum absolute atomic E-state index is 5.68. The molecule has 0 unspecified atom stereocenters. The molecule has 0 saturated carbocycles. The van der Waals surface area contributed by atoms with Crippen molar-refractivity contribution in [3.8, 4) is 0 Å². The molecule has 2 N–H and O–H groups in total. The molecule has 0 amide bonds. The van der Waals surface area contributed by atoms with Gasteiger partial charge in [-0.15, -0.1) is 0 Å². The SMILES string of the molecule is C=C(C)CN(CC)Cc1cc(C)c(CN)o1. The molecule has 0 fully saturated rings. The molecular formula is C13H22N2O. The Balaban J connectivity index is 2.66. The molecule has 1 aromatic heterocycles. The van der Waals surface area contributed by atoms with Crippen LogP contribution in [0.25, 0.3) is 0 Å². The number of rotatable bonds is 6. The molecule has 0 aliphatic carbocycles. The van der Waals surface area contributed by atoms with Gasteiger partial charge in [-0.25, -0.2) is 0 Å². The summed E-state index contributed by atoms with van der Waals surface area (Å²) in [6.45, 7) is 13.3. The Kier molecular flexibility index (Phi) is 4.77. The van der Waals surface area contributed by atoms with E-state index < -0.39 is 0 Å².